The molecule has 3 heterocycles. The number of thiazole rings is 1. The molecule has 1 saturated heterocycles. The van der Waals surface area contributed by atoms with Crippen molar-refractivity contribution in [2.24, 2.45) is 0 Å². The molecule has 1 amide bonds. The smallest absolute Gasteiger partial charge is 0.301 e. The third-order valence-electron chi connectivity index (χ3n) is 6.87. The van der Waals surface area contributed by atoms with Crippen molar-refractivity contribution in [3.05, 3.63) is 74.8 Å². The molecular weight excluding hydrogens is 600 g/mol. The predicted molar refractivity (Wildman–Crippen MR) is 154 cm³/mol. The maximum absolute atomic E-state index is 13.7. The highest BCUT2D eigenvalue weighted by molar-refractivity contribution is 9.10. The fraction of sp³-hybridized carbons (Fsp3) is 0.207. The van der Waals surface area contributed by atoms with Crippen LogP contribution in [0.1, 0.15) is 28.3 Å². The normalized spacial score (nSPS) is 18.0. The lowest BCUT2D eigenvalue weighted by Crippen LogP contribution is -2.29. The summed E-state index contributed by atoms with van der Waals surface area (Å²) in [6.07, 6.45) is 0. The van der Waals surface area contributed by atoms with Gasteiger partial charge in [0.05, 0.1) is 33.4 Å². The average Bonchev–Trinajstić information content (AvgIpc) is 3.47. The van der Waals surface area contributed by atoms with E-state index >= 15 is 0 Å². The van der Waals surface area contributed by atoms with Gasteiger partial charge in [0, 0.05) is 5.56 Å². The molecule has 2 aliphatic heterocycles. The van der Waals surface area contributed by atoms with Gasteiger partial charge in [0.2, 0.25) is 0 Å². The zero-order chi connectivity index (χ0) is 28.3. The van der Waals surface area contributed by atoms with Crippen molar-refractivity contribution in [2.75, 3.05) is 25.2 Å². The van der Waals surface area contributed by atoms with Crippen LogP contribution in [0, 0.1) is 13.8 Å². The van der Waals surface area contributed by atoms with Crippen LogP contribution in [0.3, 0.4) is 0 Å². The number of aromatic nitrogens is 1. The number of hydrogen-bond acceptors (Lipinski definition) is 9. The van der Waals surface area contributed by atoms with Crippen LogP contribution >= 0.6 is 27.3 Å². The van der Waals surface area contributed by atoms with Gasteiger partial charge >= 0.3 is 5.91 Å². The van der Waals surface area contributed by atoms with E-state index in [0.717, 1.165) is 21.3 Å². The Morgan fingerprint density at radius 3 is 2.60 bits per heavy atom. The second-order valence-electron chi connectivity index (χ2n) is 9.51. The van der Waals surface area contributed by atoms with Crippen LogP contribution < -0.4 is 19.1 Å². The van der Waals surface area contributed by atoms with E-state index in [2.05, 4.69) is 15.9 Å². The van der Waals surface area contributed by atoms with E-state index in [9.17, 15) is 19.8 Å². The van der Waals surface area contributed by atoms with E-state index in [1.54, 1.807) is 24.3 Å². The summed E-state index contributed by atoms with van der Waals surface area (Å²) in [5.41, 5.74) is 3.29. The SMILES string of the molecule is COc1cc(C2/C(=C(\O)c3ccc4c(c3)OCCO4)C(=O)C(=O)N2c2nc3c(C)cc(C)cc3s2)cc(Br)c1O. The molecular formula is C29H23BrN2O7S. The molecule has 3 aromatic carbocycles. The van der Waals surface area contributed by atoms with Crippen LogP contribution in [-0.2, 0) is 9.59 Å². The fourth-order valence-corrected chi connectivity index (χ4v) is 6.69. The molecule has 2 N–H and O–H groups in total. The quantitative estimate of drug-likeness (QED) is 0.167. The topological polar surface area (TPSA) is 118 Å². The molecule has 1 atom stereocenters. The van der Waals surface area contributed by atoms with E-state index < -0.39 is 17.7 Å². The van der Waals surface area contributed by atoms with Crippen molar-refractivity contribution in [3.63, 3.8) is 0 Å². The Balaban J connectivity index is 1.59. The number of aliphatic hydroxyl groups excluding tert-OH is 1. The summed E-state index contributed by atoms with van der Waals surface area (Å²) in [6.45, 7) is 4.67. The number of aromatic hydroxyl groups is 1. The molecule has 1 aromatic heterocycles. The zero-order valence-electron chi connectivity index (χ0n) is 21.6. The number of hydrogen-bond donors (Lipinski definition) is 2. The Bertz CT molecular complexity index is 1760. The number of phenols is 1. The lowest BCUT2D eigenvalue weighted by atomic mass is 9.95. The van der Waals surface area contributed by atoms with Crippen molar-refractivity contribution in [1.82, 2.24) is 4.98 Å². The van der Waals surface area contributed by atoms with Gasteiger partial charge < -0.3 is 24.4 Å². The van der Waals surface area contributed by atoms with Crippen LogP contribution in [-0.4, -0.2) is 47.2 Å². The van der Waals surface area contributed by atoms with Crippen LogP contribution in [0.2, 0.25) is 0 Å². The zero-order valence-corrected chi connectivity index (χ0v) is 24.1. The van der Waals surface area contributed by atoms with Crippen molar-refractivity contribution in [1.29, 1.82) is 0 Å². The molecule has 1 unspecified atom stereocenters. The molecule has 4 aromatic rings. The number of carbonyl (C=O) groups is 2. The summed E-state index contributed by atoms with van der Waals surface area (Å²) in [7, 11) is 1.40. The van der Waals surface area contributed by atoms with Gasteiger partial charge in [-0.25, -0.2) is 4.98 Å². The largest absolute Gasteiger partial charge is 0.507 e. The van der Waals surface area contributed by atoms with E-state index in [0.29, 0.717) is 39.9 Å². The average molecular weight is 623 g/mol. The predicted octanol–water partition coefficient (Wildman–Crippen LogP) is 5.79. The minimum Gasteiger partial charge on any atom is -0.507 e. The van der Waals surface area contributed by atoms with Gasteiger partial charge in [-0.1, -0.05) is 17.4 Å². The molecule has 9 nitrogen and oxygen atoms in total. The highest BCUT2D eigenvalue weighted by atomic mass is 79.9. The van der Waals surface area contributed by atoms with Crippen LogP contribution in [0.4, 0.5) is 5.13 Å². The lowest BCUT2D eigenvalue weighted by Gasteiger charge is -2.24. The summed E-state index contributed by atoms with van der Waals surface area (Å²) in [5.74, 6) is -1.14. The number of ether oxygens (including phenoxy) is 3. The van der Waals surface area contributed by atoms with Crippen molar-refractivity contribution in [2.45, 2.75) is 19.9 Å². The highest BCUT2D eigenvalue weighted by Gasteiger charge is 2.48. The number of aryl methyl sites for hydroxylation is 2. The van der Waals surface area contributed by atoms with E-state index in [1.165, 1.54) is 29.4 Å². The number of methoxy groups -OCH3 is 1. The summed E-state index contributed by atoms with van der Waals surface area (Å²) in [5, 5.41) is 22.3. The highest BCUT2D eigenvalue weighted by Crippen LogP contribution is 2.48. The molecule has 11 heteroatoms. The van der Waals surface area contributed by atoms with E-state index in [-0.39, 0.29) is 28.4 Å². The number of aliphatic hydroxyl groups is 1. The first kappa shape index (κ1) is 26.1. The summed E-state index contributed by atoms with van der Waals surface area (Å²) in [6, 6.07) is 10.8. The third-order valence-corrected chi connectivity index (χ3v) is 8.48. The number of nitrogens with zero attached hydrogens (tertiary/aromatic N) is 2. The fourth-order valence-electron chi connectivity index (χ4n) is 5.06. The van der Waals surface area contributed by atoms with Crippen LogP contribution in [0.5, 0.6) is 23.0 Å². The number of rotatable bonds is 4. The minimum atomic E-state index is -1.07. The van der Waals surface area contributed by atoms with E-state index in [1.807, 2.05) is 26.0 Å². The number of amides is 1. The minimum absolute atomic E-state index is 0.130. The van der Waals surface area contributed by atoms with E-state index in [4.69, 9.17) is 19.2 Å². The Labute approximate surface area is 241 Å². The Hall–Kier alpha value is -4.09. The molecule has 0 saturated carbocycles. The standard InChI is InChI=1S/C29H23BrN2O7S/c1-13-8-14(2)23-21(9-13)40-29(31-23)32-24(16-10-17(30)26(34)20(12-16)37-3)22(27(35)28(32)36)25(33)15-4-5-18-19(11-15)39-7-6-38-18/h4-5,8-12,24,33-34H,6-7H2,1-3H3/b25-22+. The lowest BCUT2D eigenvalue weighted by molar-refractivity contribution is -0.132. The van der Waals surface area contributed by atoms with Crippen LogP contribution in [0.15, 0.2) is 52.5 Å². The first-order valence-corrected chi connectivity index (χ1v) is 13.9. The third kappa shape index (κ3) is 4.16. The summed E-state index contributed by atoms with van der Waals surface area (Å²) >= 11 is 4.62. The summed E-state index contributed by atoms with van der Waals surface area (Å²) < 4.78 is 17.8. The van der Waals surface area contributed by atoms with Crippen LogP contribution in [0.25, 0.3) is 16.0 Å². The van der Waals surface area contributed by atoms with Gasteiger partial charge in [0.25, 0.3) is 5.78 Å². The number of phenolic OH excluding ortho intramolecular Hbond substituents is 1. The number of fused-ring (bicyclic) bond motifs is 2. The van der Waals surface area contributed by atoms with Gasteiger partial charge in [-0.05, 0) is 82.9 Å². The van der Waals surface area contributed by atoms with Gasteiger partial charge in [0.15, 0.2) is 28.1 Å². The molecule has 1 fully saturated rings. The number of halogens is 1. The Morgan fingerprint density at radius 1 is 1.10 bits per heavy atom. The first-order valence-electron chi connectivity index (χ1n) is 12.3. The van der Waals surface area contributed by atoms with Gasteiger partial charge in [-0.2, -0.15) is 0 Å². The Morgan fingerprint density at radius 2 is 1.85 bits per heavy atom. The number of anilines is 1. The monoisotopic (exact) mass is 622 g/mol. The molecule has 0 aliphatic carbocycles. The molecule has 40 heavy (non-hydrogen) atoms. The maximum Gasteiger partial charge on any atom is 0.301 e. The second kappa shape index (κ2) is 9.83. The number of carbonyl (C=O) groups excluding carboxylic acids is 2. The number of ketones is 1. The van der Waals surface area contributed by atoms with Gasteiger partial charge in [0.1, 0.15) is 19.0 Å². The van der Waals surface area contributed by atoms with Crippen molar-refractivity contribution in [3.8, 4) is 23.0 Å². The molecule has 0 radical (unpaired) electrons. The Kier molecular flexibility index (Phi) is 6.42. The maximum atomic E-state index is 13.7. The molecule has 6 rings (SSSR count). The summed E-state index contributed by atoms with van der Waals surface area (Å²) in [4.78, 5) is 33.3. The van der Waals surface area contributed by atoms with Gasteiger partial charge in [-0.15, -0.1) is 0 Å². The van der Waals surface area contributed by atoms with Crippen molar-refractivity contribution >= 4 is 60.1 Å². The molecule has 204 valence electrons. The first-order chi connectivity index (χ1) is 19.2. The second-order valence-corrected chi connectivity index (χ2v) is 11.4. The number of benzene rings is 3. The molecule has 0 spiro atoms. The molecule has 0 bridgehead atoms. The van der Waals surface area contributed by atoms with Crippen molar-refractivity contribution < 1.29 is 34.0 Å². The van der Waals surface area contributed by atoms with Gasteiger partial charge in [-0.3, -0.25) is 14.5 Å². The molecule has 2 aliphatic rings. The number of Topliss-reactive ketones (excluding diaryl/α,β-unsaturated/α-hetero) is 1.